The summed E-state index contributed by atoms with van der Waals surface area (Å²) in [6.07, 6.45) is 7.52. The average molecular weight is 235 g/mol. The van der Waals surface area contributed by atoms with E-state index in [1.54, 1.807) is 6.08 Å². The van der Waals surface area contributed by atoms with Crippen LogP contribution < -0.4 is 16.0 Å². The van der Waals surface area contributed by atoms with E-state index < -0.39 is 0 Å². The minimum Gasteiger partial charge on any atom is -0.349 e. The molecule has 1 aliphatic heterocycles. The minimum absolute atomic E-state index is 0.0422. The molecule has 0 aromatic heterocycles. The predicted octanol–water partition coefficient (Wildman–Crippen LogP) is -0.533. The van der Waals surface area contributed by atoms with Crippen molar-refractivity contribution >= 4 is 11.8 Å². The Morgan fingerprint density at radius 3 is 2.76 bits per heavy atom. The lowest BCUT2D eigenvalue weighted by Crippen LogP contribution is -2.58. The molecule has 0 bridgehead atoms. The second kappa shape index (κ2) is 5.63. The van der Waals surface area contributed by atoms with E-state index in [1.165, 1.54) is 0 Å². The first-order valence-corrected chi connectivity index (χ1v) is 5.90. The van der Waals surface area contributed by atoms with E-state index in [2.05, 4.69) is 16.0 Å². The normalized spacial score (nSPS) is 19.2. The summed E-state index contributed by atoms with van der Waals surface area (Å²) in [5, 5.41) is 8.50. The van der Waals surface area contributed by atoms with Crippen LogP contribution in [0.25, 0.3) is 0 Å². The maximum Gasteiger partial charge on any atom is 0.251 e. The summed E-state index contributed by atoms with van der Waals surface area (Å²) in [5.74, 6) is -0.312. The number of allylic oxidation sites excluding steroid dienone is 2. The van der Waals surface area contributed by atoms with Crippen molar-refractivity contribution in [3.05, 3.63) is 23.8 Å². The van der Waals surface area contributed by atoms with Gasteiger partial charge in [-0.2, -0.15) is 0 Å². The molecule has 2 aliphatic rings. The Morgan fingerprint density at radius 1 is 1.35 bits per heavy atom. The molecule has 5 nitrogen and oxygen atoms in total. The number of amides is 2. The first kappa shape index (κ1) is 11.9. The van der Waals surface area contributed by atoms with Crippen LogP contribution in [0.1, 0.15) is 12.8 Å². The van der Waals surface area contributed by atoms with Gasteiger partial charge < -0.3 is 16.0 Å². The number of hydrogen-bond acceptors (Lipinski definition) is 3. The highest BCUT2D eigenvalue weighted by atomic mass is 16.2. The van der Waals surface area contributed by atoms with Gasteiger partial charge in [0.15, 0.2) is 0 Å². The van der Waals surface area contributed by atoms with Crippen LogP contribution in [0.2, 0.25) is 0 Å². The smallest absolute Gasteiger partial charge is 0.251 e. The summed E-state index contributed by atoms with van der Waals surface area (Å²) in [7, 11) is 0. The quantitative estimate of drug-likeness (QED) is 0.613. The second-order valence-electron chi connectivity index (χ2n) is 4.24. The summed E-state index contributed by atoms with van der Waals surface area (Å²) < 4.78 is 0. The molecule has 3 N–H and O–H groups in total. The lowest BCUT2D eigenvalue weighted by molar-refractivity contribution is -0.124. The molecular formula is C12H17N3O2. The zero-order chi connectivity index (χ0) is 12.1. The van der Waals surface area contributed by atoms with Crippen molar-refractivity contribution < 1.29 is 9.59 Å². The van der Waals surface area contributed by atoms with Gasteiger partial charge in [0, 0.05) is 18.7 Å². The zero-order valence-electron chi connectivity index (χ0n) is 9.66. The van der Waals surface area contributed by atoms with E-state index in [-0.39, 0.29) is 24.4 Å². The molecule has 0 aromatic rings. The summed E-state index contributed by atoms with van der Waals surface area (Å²) >= 11 is 0. The highest BCUT2D eigenvalue weighted by molar-refractivity contribution is 5.98. The van der Waals surface area contributed by atoms with Crippen molar-refractivity contribution in [3.63, 3.8) is 0 Å². The molecule has 0 unspecified atom stereocenters. The minimum atomic E-state index is -0.178. The van der Waals surface area contributed by atoms with Gasteiger partial charge in [0.05, 0.1) is 12.6 Å². The van der Waals surface area contributed by atoms with Gasteiger partial charge in [0.1, 0.15) is 0 Å². The SMILES string of the molecule is O=C(CNC(=O)C1=CCCC=C1)NC1CNC1. The molecule has 0 atom stereocenters. The van der Waals surface area contributed by atoms with Crippen LogP contribution in [-0.2, 0) is 9.59 Å². The average Bonchev–Trinajstić information content (AvgIpc) is 2.32. The number of rotatable bonds is 4. The summed E-state index contributed by atoms with van der Waals surface area (Å²) in [6, 6.07) is 0.216. The van der Waals surface area contributed by atoms with Crippen molar-refractivity contribution in [1.82, 2.24) is 16.0 Å². The molecule has 5 heteroatoms. The third kappa shape index (κ3) is 3.42. The van der Waals surface area contributed by atoms with Crippen molar-refractivity contribution in [1.29, 1.82) is 0 Å². The molecule has 0 saturated carbocycles. The van der Waals surface area contributed by atoms with Crippen LogP contribution >= 0.6 is 0 Å². The van der Waals surface area contributed by atoms with Gasteiger partial charge in [-0.3, -0.25) is 9.59 Å². The van der Waals surface area contributed by atoms with E-state index in [4.69, 9.17) is 0 Å². The Balaban J connectivity index is 1.69. The Kier molecular flexibility index (Phi) is 3.93. The lowest BCUT2D eigenvalue weighted by Gasteiger charge is -2.27. The van der Waals surface area contributed by atoms with E-state index in [0.29, 0.717) is 5.57 Å². The molecule has 92 valence electrons. The van der Waals surface area contributed by atoms with Crippen LogP contribution in [0, 0.1) is 0 Å². The Bertz CT molecular complexity index is 370. The first-order valence-electron chi connectivity index (χ1n) is 5.90. The molecule has 17 heavy (non-hydrogen) atoms. The summed E-state index contributed by atoms with van der Waals surface area (Å²) in [6.45, 7) is 1.67. The number of hydrogen-bond donors (Lipinski definition) is 3. The van der Waals surface area contributed by atoms with E-state index in [9.17, 15) is 9.59 Å². The molecule has 2 rings (SSSR count). The van der Waals surface area contributed by atoms with Gasteiger partial charge in [0.25, 0.3) is 5.91 Å². The summed E-state index contributed by atoms with van der Waals surface area (Å²) in [4.78, 5) is 23.1. The maximum absolute atomic E-state index is 11.6. The number of nitrogens with one attached hydrogen (secondary N) is 3. The standard InChI is InChI=1S/C12H17N3O2/c16-11(15-10-6-13-7-10)8-14-12(17)9-4-2-1-3-5-9/h2,4-5,10,13H,1,3,6-8H2,(H,14,17)(H,15,16). The third-order valence-electron chi connectivity index (χ3n) is 2.81. The largest absolute Gasteiger partial charge is 0.349 e. The van der Waals surface area contributed by atoms with Crippen molar-refractivity contribution in [2.75, 3.05) is 19.6 Å². The highest BCUT2D eigenvalue weighted by Gasteiger charge is 2.19. The highest BCUT2D eigenvalue weighted by Crippen LogP contribution is 2.08. The molecule has 0 spiro atoms. The Morgan fingerprint density at radius 2 is 2.18 bits per heavy atom. The molecule has 1 saturated heterocycles. The van der Waals surface area contributed by atoms with E-state index >= 15 is 0 Å². The fourth-order valence-electron chi connectivity index (χ4n) is 1.71. The van der Waals surface area contributed by atoms with Gasteiger partial charge in [-0.1, -0.05) is 18.2 Å². The lowest BCUT2D eigenvalue weighted by atomic mass is 10.1. The fraction of sp³-hybridized carbons (Fsp3) is 0.500. The molecule has 2 amide bonds. The second-order valence-corrected chi connectivity index (χ2v) is 4.24. The maximum atomic E-state index is 11.6. The third-order valence-corrected chi connectivity index (χ3v) is 2.81. The monoisotopic (exact) mass is 235 g/mol. The Labute approximate surface area is 100 Å². The van der Waals surface area contributed by atoms with Crippen molar-refractivity contribution in [2.24, 2.45) is 0 Å². The predicted molar refractivity (Wildman–Crippen MR) is 64.3 cm³/mol. The first-order chi connectivity index (χ1) is 8.25. The number of carbonyl (C=O) groups is 2. The molecule has 0 aromatic carbocycles. The summed E-state index contributed by atoms with van der Waals surface area (Å²) in [5.41, 5.74) is 0.648. The van der Waals surface area contributed by atoms with Crippen LogP contribution in [0.15, 0.2) is 23.8 Å². The molecule has 1 heterocycles. The topological polar surface area (TPSA) is 70.2 Å². The number of carbonyl (C=O) groups excluding carboxylic acids is 2. The van der Waals surface area contributed by atoms with Gasteiger partial charge >= 0.3 is 0 Å². The molecular weight excluding hydrogens is 218 g/mol. The van der Waals surface area contributed by atoms with Crippen molar-refractivity contribution in [2.45, 2.75) is 18.9 Å². The Hall–Kier alpha value is -1.62. The van der Waals surface area contributed by atoms with Gasteiger partial charge in [-0.05, 0) is 12.8 Å². The van der Waals surface area contributed by atoms with Crippen LogP contribution in [0.3, 0.4) is 0 Å². The van der Waals surface area contributed by atoms with Crippen molar-refractivity contribution in [3.8, 4) is 0 Å². The van der Waals surface area contributed by atoms with Crippen LogP contribution in [-0.4, -0.2) is 37.5 Å². The van der Waals surface area contributed by atoms with Crippen LogP contribution in [0.4, 0.5) is 0 Å². The van der Waals surface area contributed by atoms with Gasteiger partial charge in [0.2, 0.25) is 5.91 Å². The van der Waals surface area contributed by atoms with E-state index in [0.717, 1.165) is 25.9 Å². The molecule has 0 radical (unpaired) electrons. The zero-order valence-corrected chi connectivity index (χ0v) is 9.66. The van der Waals surface area contributed by atoms with Crippen LogP contribution in [0.5, 0.6) is 0 Å². The molecule has 1 fully saturated rings. The van der Waals surface area contributed by atoms with Gasteiger partial charge in [-0.15, -0.1) is 0 Å². The van der Waals surface area contributed by atoms with Gasteiger partial charge in [-0.25, -0.2) is 0 Å². The van der Waals surface area contributed by atoms with E-state index in [1.807, 2.05) is 12.2 Å². The molecule has 1 aliphatic carbocycles. The fourth-order valence-corrected chi connectivity index (χ4v) is 1.71.